The lowest BCUT2D eigenvalue weighted by atomic mass is 10.0. The zero-order valence-electron chi connectivity index (χ0n) is 16.6. The maximum atomic E-state index is 12.3. The van der Waals surface area contributed by atoms with Crippen molar-refractivity contribution < 1.29 is 4.79 Å². The highest BCUT2D eigenvalue weighted by molar-refractivity contribution is 5.94. The minimum atomic E-state index is -0.0510. The SMILES string of the molecule is CC(C)c1ccc(C(=O)NCc2ccc(N3CCCN(C)CC3)nc2)cc1. The van der Waals surface area contributed by atoms with Gasteiger partial charge in [-0.25, -0.2) is 4.98 Å². The van der Waals surface area contributed by atoms with Crippen LogP contribution in [0.5, 0.6) is 0 Å². The monoisotopic (exact) mass is 366 g/mol. The van der Waals surface area contributed by atoms with Crippen LogP contribution in [0.1, 0.15) is 47.7 Å². The van der Waals surface area contributed by atoms with Gasteiger partial charge < -0.3 is 15.1 Å². The molecule has 0 atom stereocenters. The minimum Gasteiger partial charge on any atom is -0.355 e. The summed E-state index contributed by atoms with van der Waals surface area (Å²) in [6, 6.07) is 11.9. The molecule has 1 saturated heterocycles. The van der Waals surface area contributed by atoms with E-state index in [-0.39, 0.29) is 5.91 Å². The molecule has 1 aliphatic rings. The zero-order valence-corrected chi connectivity index (χ0v) is 16.6. The lowest BCUT2D eigenvalue weighted by Crippen LogP contribution is -2.29. The molecule has 2 aromatic rings. The van der Waals surface area contributed by atoms with Gasteiger partial charge in [-0.1, -0.05) is 32.0 Å². The normalized spacial score (nSPS) is 15.6. The van der Waals surface area contributed by atoms with Crippen LogP contribution in [0.3, 0.4) is 0 Å². The quantitative estimate of drug-likeness (QED) is 0.882. The molecule has 0 bridgehead atoms. The summed E-state index contributed by atoms with van der Waals surface area (Å²) in [7, 11) is 2.17. The first-order valence-corrected chi connectivity index (χ1v) is 9.79. The number of aromatic nitrogens is 1. The Labute approximate surface area is 162 Å². The maximum Gasteiger partial charge on any atom is 0.251 e. The molecule has 0 aliphatic carbocycles. The molecule has 27 heavy (non-hydrogen) atoms. The molecule has 1 amide bonds. The van der Waals surface area contributed by atoms with Crippen LogP contribution in [-0.4, -0.2) is 49.0 Å². The summed E-state index contributed by atoms with van der Waals surface area (Å²) in [5.74, 6) is 1.44. The molecule has 0 radical (unpaired) electrons. The Bertz CT molecular complexity index is 740. The number of benzene rings is 1. The Kier molecular flexibility index (Phi) is 6.45. The third-order valence-corrected chi connectivity index (χ3v) is 5.15. The van der Waals surface area contributed by atoms with Crippen molar-refractivity contribution in [2.45, 2.75) is 32.7 Å². The molecule has 1 N–H and O–H groups in total. The first-order chi connectivity index (χ1) is 13.0. The number of nitrogens with one attached hydrogen (secondary N) is 1. The second kappa shape index (κ2) is 9.00. The van der Waals surface area contributed by atoms with Gasteiger partial charge in [0.25, 0.3) is 5.91 Å². The van der Waals surface area contributed by atoms with Gasteiger partial charge in [-0.15, -0.1) is 0 Å². The fourth-order valence-electron chi connectivity index (χ4n) is 3.29. The van der Waals surface area contributed by atoms with Gasteiger partial charge in [0.15, 0.2) is 0 Å². The zero-order chi connectivity index (χ0) is 19.2. The Morgan fingerprint density at radius 1 is 1.07 bits per heavy atom. The van der Waals surface area contributed by atoms with Crippen LogP contribution in [-0.2, 0) is 6.54 Å². The predicted octanol–water partition coefficient (Wildman–Crippen LogP) is 3.28. The third-order valence-electron chi connectivity index (χ3n) is 5.15. The number of rotatable bonds is 5. The van der Waals surface area contributed by atoms with Crippen LogP contribution in [0, 0.1) is 0 Å². The van der Waals surface area contributed by atoms with Crippen LogP contribution in [0.4, 0.5) is 5.82 Å². The number of carbonyl (C=O) groups is 1. The minimum absolute atomic E-state index is 0.0510. The fourth-order valence-corrected chi connectivity index (χ4v) is 3.29. The van der Waals surface area contributed by atoms with Crippen molar-refractivity contribution in [3.05, 3.63) is 59.3 Å². The van der Waals surface area contributed by atoms with Crippen molar-refractivity contribution in [2.24, 2.45) is 0 Å². The van der Waals surface area contributed by atoms with Crippen molar-refractivity contribution in [3.8, 4) is 0 Å². The van der Waals surface area contributed by atoms with Crippen LogP contribution >= 0.6 is 0 Å². The third kappa shape index (κ3) is 5.30. The van der Waals surface area contributed by atoms with Gasteiger partial charge in [0.05, 0.1) is 0 Å². The van der Waals surface area contributed by atoms with Crippen molar-refractivity contribution >= 4 is 11.7 Å². The van der Waals surface area contributed by atoms with Gasteiger partial charge in [0, 0.05) is 37.9 Å². The number of pyridine rings is 1. The molecule has 1 aromatic carbocycles. The topological polar surface area (TPSA) is 48.5 Å². The average Bonchev–Trinajstić information content (AvgIpc) is 2.91. The van der Waals surface area contributed by atoms with E-state index in [1.54, 1.807) is 0 Å². The Balaban J connectivity index is 1.54. The lowest BCUT2D eigenvalue weighted by Gasteiger charge is -2.21. The standard InChI is InChI=1S/C22H30N4O/c1-17(2)19-6-8-20(9-7-19)22(27)24-16-18-5-10-21(23-15-18)26-12-4-11-25(3)13-14-26/h5-10,15,17H,4,11-14,16H2,1-3H3,(H,24,27). The van der Waals surface area contributed by atoms with E-state index >= 15 is 0 Å². The van der Waals surface area contributed by atoms with E-state index in [0.29, 0.717) is 18.0 Å². The van der Waals surface area contributed by atoms with E-state index in [0.717, 1.165) is 44.0 Å². The molecule has 0 unspecified atom stereocenters. The summed E-state index contributed by atoms with van der Waals surface area (Å²) in [5, 5.41) is 2.98. The highest BCUT2D eigenvalue weighted by Gasteiger charge is 2.13. The van der Waals surface area contributed by atoms with Crippen molar-refractivity contribution in [1.82, 2.24) is 15.2 Å². The molecule has 1 aliphatic heterocycles. The Morgan fingerprint density at radius 3 is 2.52 bits per heavy atom. The van der Waals surface area contributed by atoms with E-state index in [4.69, 9.17) is 0 Å². The maximum absolute atomic E-state index is 12.3. The van der Waals surface area contributed by atoms with E-state index in [9.17, 15) is 4.79 Å². The van der Waals surface area contributed by atoms with Crippen molar-refractivity contribution in [1.29, 1.82) is 0 Å². The number of likely N-dealkylation sites (N-methyl/N-ethyl adjacent to an activating group) is 1. The molecule has 144 valence electrons. The summed E-state index contributed by atoms with van der Waals surface area (Å²) in [4.78, 5) is 21.6. The number of amides is 1. The second-order valence-electron chi connectivity index (χ2n) is 7.63. The average molecular weight is 367 g/mol. The first-order valence-electron chi connectivity index (χ1n) is 9.79. The van der Waals surface area contributed by atoms with E-state index in [1.807, 2.05) is 30.5 Å². The number of carbonyl (C=O) groups excluding carboxylic acids is 1. The van der Waals surface area contributed by atoms with Crippen molar-refractivity contribution in [2.75, 3.05) is 38.1 Å². The molecule has 2 heterocycles. The largest absolute Gasteiger partial charge is 0.355 e. The highest BCUT2D eigenvalue weighted by Crippen LogP contribution is 2.16. The molecule has 1 fully saturated rings. The van der Waals surface area contributed by atoms with E-state index in [2.05, 4.69) is 53.1 Å². The molecule has 0 saturated carbocycles. The number of nitrogens with zero attached hydrogens (tertiary/aromatic N) is 3. The molecule has 5 heteroatoms. The van der Waals surface area contributed by atoms with Gasteiger partial charge in [-0.05, 0) is 55.3 Å². The van der Waals surface area contributed by atoms with Crippen LogP contribution in [0.2, 0.25) is 0 Å². The van der Waals surface area contributed by atoms with Crippen LogP contribution in [0.25, 0.3) is 0 Å². The summed E-state index contributed by atoms with van der Waals surface area (Å²) >= 11 is 0. The number of hydrogen-bond acceptors (Lipinski definition) is 4. The van der Waals surface area contributed by atoms with Gasteiger partial charge in [0.2, 0.25) is 0 Å². The van der Waals surface area contributed by atoms with E-state index in [1.165, 1.54) is 5.56 Å². The summed E-state index contributed by atoms with van der Waals surface area (Å²) in [6.45, 7) is 9.03. The molecule has 1 aromatic heterocycles. The lowest BCUT2D eigenvalue weighted by molar-refractivity contribution is 0.0951. The fraction of sp³-hybridized carbons (Fsp3) is 0.455. The first kappa shape index (κ1) is 19.4. The Hall–Kier alpha value is -2.40. The molecular formula is C22H30N4O. The van der Waals surface area contributed by atoms with Gasteiger partial charge in [0.1, 0.15) is 5.82 Å². The van der Waals surface area contributed by atoms with Crippen molar-refractivity contribution in [3.63, 3.8) is 0 Å². The number of anilines is 1. The predicted molar refractivity (Wildman–Crippen MR) is 110 cm³/mol. The Morgan fingerprint density at radius 2 is 1.85 bits per heavy atom. The smallest absolute Gasteiger partial charge is 0.251 e. The molecule has 3 rings (SSSR count). The van der Waals surface area contributed by atoms with Gasteiger partial charge >= 0.3 is 0 Å². The van der Waals surface area contributed by atoms with Gasteiger partial charge in [-0.2, -0.15) is 0 Å². The van der Waals surface area contributed by atoms with Gasteiger partial charge in [-0.3, -0.25) is 4.79 Å². The summed E-state index contributed by atoms with van der Waals surface area (Å²) in [6.07, 6.45) is 3.03. The van der Waals surface area contributed by atoms with Crippen LogP contribution < -0.4 is 10.2 Å². The molecule has 5 nitrogen and oxygen atoms in total. The van der Waals surface area contributed by atoms with Crippen LogP contribution in [0.15, 0.2) is 42.6 Å². The number of hydrogen-bond donors (Lipinski definition) is 1. The highest BCUT2D eigenvalue weighted by atomic mass is 16.1. The second-order valence-corrected chi connectivity index (χ2v) is 7.63. The molecule has 0 spiro atoms. The van der Waals surface area contributed by atoms with E-state index < -0.39 is 0 Å². The summed E-state index contributed by atoms with van der Waals surface area (Å²) in [5.41, 5.74) is 2.95. The summed E-state index contributed by atoms with van der Waals surface area (Å²) < 4.78 is 0. The molecular weight excluding hydrogens is 336 g/mol.